The lowest BCUT2D eigenvalue weighted by atomic mass is 10.1. The number of benzene rings is 1. The molecule has 1 N–H and O–H groups in total. The van der Waals surface area contributed by atoms with Crippen molar-refractivity contribution in [2.24, 2.45) is 0 Å². The van der Waals surface area contributed by atoms with Gasteiger partial charge in [-0.05, 0) is 13.8 Å². The van der Waals surface area contributed by atoms with E-state index >= 15 is 0 Å². The molecule has 0 aliphatic rings. The molecule has 0 spiro atoms. The SMILES string of the molecule is Cc1ncsc1C(=O)Nc1c(C)noc1-c1ccccc1. The molecule has 21 heavy (non-hydrogen) atoms. The highest BCUT2D eigenvalue weighted by molar-refractivity contribution is 7.12. The Labute approximate surface area is 125 Å². The second-order valence-electron chi connectivity index (χ2n) is 4.56. The zero-order valence-electron chi connectivity index (χ0n) is 11.6. The number of nitrogens with zero attached hydrogens (tertiary/aromatic N) is 2. The molecule has 1 amide bonds. The van der Waals surface area contributed by atoms with Gasteiger partial charge in [0.2, 0.25) is 0 Å². The highest BCUT2D eigenvalue weighted by atomic mass is 32.1. The Morgan fingerprint density at radius 3 is 2.62 bits per heavy atom. The van der Waals surface area contributed by atoms with E-state index in [4.69, 9.17) is 4.52 Å². The van der Waals surface area contributed by atoms with Crippen LogP contribution in [0.2, 0.25) is 0 Å². The zero-order chi connectivity index (χ0) is 14.8. The maximum Gasteiger partial charge on any atom is 0.267 e. The smallest absolute Gasteiger partial charge is 0.267 e. The summed E-state index contributed by atoms with van der Waals surface area (Å²) in [6, 6.07) is 9.56. The van der Waals surface area contributed by atoms with Crippen LogP contribution in [0.3, 0.4) is 0 Å². The van der Waals surface area contributed by atoms with E-state index < -0.39 is 0 Å². The van der Waals surface area contributed by atoms with Crippen LogP contribution in [0, 0.1) is 13.8 Å². The van der Waals surface area contributed by atoms with Crippen molar-refractivity contribution < 1.29 is 9.32 Å². The summed E-state index contributed by atoms with van der Waals surface area (Å²) < 4.78 is 5.35. The van der Waals surface area contributed by atoms with E-state index in [9.17, 15) is 4.79 Å². The molecule has 0 aliphatic heterocycles. The van der Waals surface area contributed by atoms with E-state index in [2.05, 4.69) is 15.5 Å². The molecule has 0 aliphatic carbocycles. The van der Waals surface area contributed by atoms with Crippen LogP contribution in [0.15, 0.2) is 40.4 Å². The maximum atomic E-state index is 12.3. The lowest BCUT2D eigenvalue weighted by molar-refractivity contribution is 0.102. The highest BCUT2D eigenvalue weighted by Crippen LogP contribution is 2.31. The number of carbonyl (C=O) groups is 1. The topological polar surface area (TPSA) is 68.0 Å². The second kappa shape index (κ2) is 5.49. The summed E-state index contributed by atoms with van der Waals surface area (Å²) in [5.74, 6) is 0.363. The molecule has 0 bridgehead atoms. The number of anilines is 1. The number of thiazole rings is 1. The molecule has 1 aromatic carbocycles. The summed E-state index contributed by atoms with van der Waals surface area (Å²) in [5, 5.41) is 6.82. The first kappa shape index (κ1) is 13.5. The van der Waals surface area contributed by atoms with Crippen LogP contribution in [0.25, 0.3) is 11.3 Å². The molecule has 0 radical (unpaired) electrons. The summed E-state index contributed by atoms with van der Waals surface area (Å²) in [7, 11) is 0. The van der Waals surface area contributed by atoms with E-state index in [0.717, 1.165) is 5.56 Å². The van der Waals surface area contributed by atoms with Crippen LogP contribution < -0.4 is 5.32 Å². The monoisotopic (exact) mass is 299 g/mol. The van der Waals surface area contributed by atoms with Gasteiger partial charge in [-0.25, -0.2) is 4.98 Å². The van der Waals surface area contributed by atoms with Gasteiger partial charge in [0.25, 0.3) is 5.91 Å². The van der Waals surface area contributed by atoms with Gasteiger partial charge < -0.3 is 9.84 Å². The van der Waals surface area contributed by atoms with Crippen molar-refractivity contribution >= 4 is 22.9 Å². The normalized spacial score (nSPS) is 10.6. The van der Waals surface area contributed by atoms with E-state index in [1.54, 1.807) is 12.4 Å². The average Bonchev–Trinajstić information content (AvgIpc) is 3.07. The Hall–Kier alpha value is -2.47. The summed E-state index contributed by atoms with van der Waals surface area (Å²) in [4.78, 5) is 17.0. The number of aromatic nitrogens is 2. The predicted octanol–water partition coefficient (Wildman–Crippen LogP) is 3.67. The van der Waals surface area contributed by atoms with E-state index in [0.29, 0.717) is 27.7 Å². The number of hydrogen-bond donors (Lipinski definition) is 1. The van der Waals surface area contributed by atoms with Gasteiger partial charge in [0.05, 0.1) is 11.2 Å². The fourth-order valence-corrected chi connectivity index (χ4v) is 2.69. The Morgan fingerprint density at radius 2 is 1.95 bits per heavy atom. The van der Waals surface area contributed by atoms with Crippen LogP contribution in [0.5, 0.6) is 0 Å². The molecule has 0 atom stereocenters. The summed E-state index contributed by atoms with van der Waals surface area (Å²) in [5.41, 5.74) is 4.48. The third-order valence-corrected chi connectivity index (χ3v) is 4.02. The minimum Gasteiger partial charge on any atom is -0.354 e. The fraction of sp³-hybridized carbons (Fsp3) is 0.133. The number of rotatable bonds is 3. The third-order valence-electron chi connectivity index (χ3n) is 3.09. The molecule has 3 aromatic rings. The van der Waals surface area contributed by atoms with Gasteiger partial charge in [0, 0.05) is 5.56 Å². The minimum atomic E-state index is -0.196. The van der Waals surface area contributed by atoms with E-state index in [-0.39, 0.29) is 5.91 Å². The van der Waals surface area contributed by atoms with Crippen molar-refractivity contribution in [3.05, 3.63) is 52.1 Å². The Balaban J connectivity index is 1.95. The van der Waals surface area contributed by atoms with Gasteiger partial charge in [-0.3, -0.25) is 4.79 Å². The van der Waals surface area contributed by atoms with Gasteiger partial charge in [-0.15, -0.1) is 11.3 Å². The molecule has 0 saturated carbocycles. The molecule has 0 fully saturated rings. The third kappa shape index (κ3) is 2.57. The number of amides is 1. The molecule has 106 valence electrons. The standard InChI is InChI=1S/C15H13N3O2S/c1-9-12(17-15(19)14-10(2)16-8-21-14)13(20-18-9)11-6-4-3-5-7-11/h3-8H,1-2H3,(H,17,19). The molecule has 2 aromatic heterocycles. The number of hydrogen-bond acceptors (Lipinski definition) is 5. The van der Waals surface area contributed by atoms with Gasteiger partial charge in [0.1, 0.15) is 16.3 Å². The van der Waals surface area contributed by atoms with Crippen LogP contribution in [0.4, 0.5) is 5.69 Å². The predicted molar refractivity (Wildman–Crippen MR) is 81.5 cm³/mol. The van der Waals surface area contributed by atoms with E-state index in [1.165, 1.54) is 11.3 Å². The molecule has 2 heterocycles. The first-order chi connectivity index (χ1) is 10.2. The summed E-state index contributed by atoms with van der Waals surface area (Å²) in [6.45, 7) is 3.61. The van der Waals surface area contributed by atoms with Crippen LogP contribution in [-0.2, 0) is 0 Å². The molecule has 5 nitrogen and oxygen atoms in total. The quantitative estimate of drug-likeness (QED) is 0.801. The van der Waals surface area contributed by atoms with Gasteiger partial charge in [-0.2, -0.15) is 0 Å². The molecular formula is C15H13N3O2S. The van der Waals surface area contributed by atoms with Crippen molar-refractivity contribution in [3.8, 4) is 11.3 Å². The van der Waals surface area contributed by atoms with Gasteiger partial charge >= 0.3 is 0 Å². The van der Waals surface area contributed by atoms with E-state index in [1.807, 2.05) is 37.3 Å². The second-order valence-corrected chi connectivity index (χ2v) is 5.41. The van der Waals surface area contributed by atoms with Crippen molar-refractivity contribution in [1.29, 1.82) is 0 Å². The molecular weight excluding hydrogens is 286 g/mol. The fourth-order valence-electron chi connectivity index (χ4n) is 1.99. The minimum absolute atomic E-state index is 0.196. The first-order valence-electron chi connectivity index (χ1n) is 6.40. The van der Waals surface area contributed by atoms with Crippen molar-refractivity contribution in [1.82, 2.24) is 10.1 Å². The first-order valence-corrected chi connectivity index (χ1v) is 7.28. The van der Waals surface area contributed by atoms with Crippen LogP contribution in [-0.4, -0.2) is 16.0 Å². The van der Waals surface area contributed by atoms with Crippen molar-refractivity contribution in [2.75, 3.05) is 5.32 Å². The summed E-state index contributed by atoms with van der Waals surface area (Å²) in [6.07, 6.45) is 0. The molecule has 6 heteroatoms. The van der Waals surface area contributed by atoms with Gasteiger partial charge in [0.15, 0.2) is 5.76 Å². The van der Waals surface area contributed by atoms with Crippen molar-refractivity contribution in [2.45, 2.75) is 13.8 Å². The van der Waals surface area contributed by atoms with Gasteiger partial charge in [-0.1, -0.05) is 35.5 Å². The van der Waals surface area contributed by atoms with Crippen LogP contribution >= 0.6 is 11.3 Å². The average molecular weight is 299 g/mol. The Kier molecular flexibility index (Phi) is 3.53. The maximum absolute atomic E-state index is 12.3. The number of aryl methyl sites for hydroxylation is 2. The van der Waals surface area contributed by atoms with Crippen LogP contribution in [0.1, 0.15) is 21.1 Å². The molecule has 0 saturated heterocycles. The number of nitrogens with one attached hydrogen (secondary N) is 1. The number of carbonyl (C=O) groups excluding carboxylic acids is 1. The Bertz CT molecular complexity index is 777. The lowest BCUT2D eigenvalue weighted by Gasteiger charge is -2.05. The largest absolute Gasteiger partial charge is 0.354 e. The lowest BCUT2D eigenvalue weighted by Crippen LogP contribution is -2.12. The van der Waals surface area contributed by atoms with Crippen molar-refractivity contribution in [3.63, 3.8) is 0 Å². The molecule has 3 rings (SSSR count). The highest BCUT2D eigenvalue weighted by Gasteiger charge is 2.19. The molecule has 0 unspecified atom stereocenters. The Morgan fingerprint density at radius 1 is 1.19 bits per heavy atom. The summed E-state index contributed by atoms with van der Waals surface area (Å²) >= 11 is 1.31. The zero-order valence-corrected chi connectivity index (χ0v) is 12.4.